The van der Waals surface area contributed by atoms with Crippen LogP contribution in [0.2, 0.25) is 65.1 Å². The summed E-state index contributed by atoms with van der Waals surface area (Å²) in [5.74, 6) is -0.273. The number of hydrogen-bond acceptors (Lipinski definition) is 12. The van der Waals surface area contributed by atoms with Gasteiger partial charge in [-0.25, -0.2) is 4.98 Å². The van der Waals surface area contributed by atoms with Crippen molar-refractivity contribution < 1.29 is 38.4 Å². The molecule has 3 aliphatic rings. The topological polar surface area (TPSA) is 150 Å². The standard InChI is InChI=1S/C20H34BClN2O3Si.C14H23Cl2NO2Si.C12H23B2NO3/c1-20(2,3)28(5,6)27-14-17(13-25)16-11-18(22)19(23-12-16)15-7-9-24(10-8-15)21(4)26;1-14(2,3)20(4,5)19-9-11(8-18)10-6-12(15)13(16)17-7-10;1-11(2)12(3,4)18-14(17-11)10-6-8-15(9-7-10)13(5)16/h7,11-12,17,25-26H,8-10,13-14H2,1-6H3;6-7,11,18H,8-9H2,1-5H3;6,16H,7-9H2,1-5H3. The number of halogens is 3. The Labute approximate surface area is 415 Å². The van der Waals surface area contributed by atoms with Crippen molar-refractivity contribution in [1.82, 2.24) is 19.6 Å². The van der Waals surface area contributed by atoms with E-state index in [-0.39, 0.29) is 65.7 Å². The first-order chi connectivity index (χ1) is 30.3. The van der Waals surface area contributed by atoms with Gasteiger partial charge in [0.05, 0.1) is 40.2 Å². The van der Waals surface area contributed by atoms with Crippen LogP contribution in [-0.2, 0) is 18.2 Å². The molecule has 0 saturated carbocycles. The molecule has 0 aliphatic carbocycles. The lowest BCUT2D eigenvalue weighted by Gasteiger charge is -2.37. The second kappa shape index (κ2) is 24.3. The largest absolute Gasteiger partial charge is 0.490 e. The van der Waals surface area contributed by atoms with Crippen LogP contribution in [0.3, 0.4) is 0 Å². The van der Waals surface area contributed by atoms with Gasteiger partial charge in [-0.05, 0) is 138 Å². The van der Waals surface area contributed by atoms with Crippen molar-refractivity contribution in [2.45, 2.75) is 155 Å². The maximum absolute atomic E-state index is 9.89. The number of aliphatic hydroxyl groups is 2. The first kappa shape index (κ1) is 59.2. The highest BCUT2D eigenvalue weighted by molar-refractivity contribution is 6.74. The van der Waals surface area contributed by atoms with Crippen molar-refractivity contribution in [3.05, 3.63) is 74.2 Å². The molecule has 2 aromatic heterocycles. The summed E-state index contributed by atoms with van der Waals surface area (Å²) in [7, 11) is -4.78. The number of nitrogens with zero attached hydrogens (tertiary/aromatic N) is 4. The number of hydrogen-bond donors (Lipinski definition) is 4. The molecule has 2 atom stereocenters. The van der Waals surface area contributed by atoms with Gasteiger partial charge in [0.2, 0.25) is 0 Å². The van der Waals surface area contributed by atoms with Crippen LogP contribution in [0, 0.1) is 0 Å². The molecule has 0 amide bonds. The summed E-state index contributed by atoms with van der Waals surface area (Å²) in [5, 5.41) is 40.2. The maximum Gasteiger partial charge on any atom is 0.490 e. The lowest BCUT2D eigenvalue weighted by molar-refractivity contribution is 0.00578. The zero-order valence-electron chi connectivity index (χ0n) is 42.8. The Balaban J connectivity index is 0.000000271. The lowest BCUT2D eigenvalue weighted by Crippen LogP contribution is -2.42. The normalized spacial score (nSPS) is 19.2. The van der Waals surface area contributed by atoms with E-state index >= 15 is 0 Å². The van der Waals surface area contributed by atoms with E-state index in [0.29, 0.717) is 29.8 Å². The highest BCUT2D eigenvalue weighted by Gasteiger charge is 2.52. The van der Waals surface area contributed by atoms with Crippen molar-refractivity contribution >= 4 is 78.2 Å². The maximum atomic E-state index is 9.89. The molecule has 2 aromatic rings. The molecule has 5 heterocycles. The van der Waals surface area contributed by atoms with Crippen molar-refractivity contribution in [3.63, 3.8) is 0 Å². The van der Waals surface area contributed by atoms with Gasteiger partial charge in [0.25, 0.3) is 0 Å². The van der Waals surface area contributed by atoms with Gasteiger partial charge in [-0.1, -0.05) is 88.5 Å². The minimum atomic E-state index is -1.88. The number of rotatable bonds is 14. The summed E-state index contributed by atoms with van der Waals surface area (Å²) in [6.45, 7) is 37.8. The van der Waals surface area contributed by atoms with Gasteiger partial charge in [0.15, 0.2) is 16.6 Å². The Morgan fingerprint density at radius 3 is 1.50 bits per heavy atom. The van der Waals surface area contributed by atoms with Gasteiger partial charge >= 0.3 is 21.2 Å². The zero-order valence-corrected chi connectivity index (χ0v) is 47.0. The monoisotopic (exact) mass is 1010 g/mol. The number of pyridine rings is 2. The molecule has 0 spiro atoms. The molecule has 1 fully saturated rings. The van der Waals surface area contributed by atoms with Crippen LogP contribution in [0.15, 0.2) is 42.2 Å². The minimum absolute atomic E-state index is 0.00196. The fourth-order valence-corrected chi connectivity index (χ4v) is 9.29. The molecule has 4 N–H and O–H groups in total. The van der Waals surface area contributed by atoms with E-state index in [1.54, 1.807) is 32.1 Å². The van der Waals surface area contributed by atoms with Crippen LogP contribution in [-0.4, -0.2) is 142 Å². The van der Waals surface area contributed by atoms with E-state index < -0.39 is 23.7 Å². The van der Waals surface area contributed by atoms with Crippen LogP contribution in [0.25, 0.3) is 5.57 Å². The molecule has 370 valence electrons. The van der Waals surface area contributed by atoms with E-state index in [2.05, 4.69) is 118 Å². The first-order valence-electron chi connectivity index (χ1n) is 23.3. The van der Waals surface area contributed by atoms with Gasteiger partial charge in [0.1, 0.15) is 5.15 Å². The predicted octanol–water partition coefficient (Wildman–Crippen LogP) is 9.88. The van der Waals surface area contributed by atoms with Gasteiger partial charge in [-0.2, -0.15) is 0 Å². The molecular weight excluding hydrogens is 931 g/mol. The molecular formula is C46H80B3Cl3N4O8Si2. The Morgan fingerprint density at radius 1 is 0.727 bits per heavy atom. The smallest absolute Gasteiger partial charge is 0.437 e. The molecule has 2 unspecified atom stereocenters. The fourth-order valence-electron chi connectivity index (χ4n) is 6.62. The van der Waals surface area contributed by atoms with Gasteiger partial charge in [-0.15, -0.1) is 0 Å². The summed E-state index contributed by atoms with van der Waals surface area (Å²) in [6, 6.07) is 3.65. The van der Waals surface area contributed by atoms with Crippen LogP contribution in [0.5, 0.6) is 0 Å². The Hall–Kier alpha value is -1.12. The molecule has 0 radical (unpaired) electrons. The summed E-state index contributed by atoms with van der Waals surface area (Å²) in [5.41, 5.74) is 4.28. The zero-order chi connectivity index (χ0) is 50.2. The van der Waals surface area contributed by atoms with Crippen LogP contribution >= 0.6 is 34.8 Å². The van der Waals surface area contributed by atoms with Gasteiger partial charge in [-0.3, -0.25) is 4.98 Å². The Kier molecular flexibility index (Phi) is 21.8. The SMILES string of the molecule is CB(O)N1CC=C(B2OC(C)(C)C(C)(C)O2)CC1.CB(O)N1CC=C(c2ncc(C(CO)CO[Si](C)(C)C(C)(C)C)cc2Cl)CC1.CC(C)(C)[Si](C)(C)OCC(CO)c1cnc(Cl)c(Cl)c1. The summed E-state index contributed by atoms with van der Waals surface area (Å²) >= 11 is 18.3. The molecule has 0 bridgehead atoms. The Bertz CT molecular complexity index is 1930. The van der Waals surface area contributed by atoms with E-state index in [0.717, 1.165) is 54.9 Å². The van der Waals surface area contributed by atoms with Crippen LogP contribution in [0.1, 0.15) is 111 Å². The summed E-state index contributed by atoms with van der Waals surface area (Å²) in [4.78, 5) is 12.6. The van der Waals surface area contributed by atoms with Crippen molar-refractivity contribution in [2.75, 3.05) is 52.6 Å². The third-order valence-corrected chi connectivity index (χ3v) is 24.4. The third kappa shape index (κ3) is 16.2. The van der Waals surface area contributed by atoms with E-state index in [4.69, 9.17) is 53.0 Å². The number of aromatic nitrogens is 2. The molecule has 1 saturated heterocycles. The average molecular weight is 1010 g/mol. The second-order valence-corrected chi connectivity index (χ2v) is 32.7. The predicted molar refractivity (Wildman–Crippen MR) is 282 cm³/mol. The van der Waals surface area contributed by atoms with E-state index in [1.165, 1.54) is 5.47 Å². The first-order valence-corrected chi connectivity index (χ1v) is 30.3. The minimum Gasteiger partial charge on any atom is -0.437 e. The van der Waals surface area contributed by atoms with Crippen LogP contribution in [0.4, 0.5) is 0 Å². The molecule has 12 nitrogen and oxygen atoms in total. The third-order valence-electron chi connectivity index (χ3n) is 14.4. The van der Waals surface area contributed by atoms with Crippen molar-refractivity contribution in [3.8, 4) is 0 Å². The Morgan fingerprint density at radius 2 is 1.15 bits per heavy atom. The highest BCUT2D eigenvalue weighted by atomic mass is 35.5. The fraction of sp³-hybridized carbons (Fsp3) is 0.696. The summed E-state index contributed by atoms with van der Waals surface area (Å²) < 4.78 is 24.5. The summed E-state index contributed by atoms with van der Waals surface area (Å²) in [6.07, 6.45) is 9.34. The average Bonchev–Trinajstić information content (AvgIpc) is 3.44. The van der Waals surface area contributed by atoms with Crippen molar-refractivity contribution in [1.29, 1.82) is 0 Å². The van der Waals surface area contributed by atoms with E-state index in [9.17, 15) is 20.3 Å². The van der Waals surface area contributed by atoms with Gasteiger partial charge < -0.3 is 48.0 Å². The second-order valence-electron chi connectivity index (χ2n) is 21.9. The molecule has 3 aliphatic heterocycles. The van der Waals surface area contributed by atoms with Gasteiger partial charge in [0, 0.05) is 50.5 Å². The quantitative estimate of drug-likeness (QED) is 0.105. The van der Waals surface area contributed by atoms with Crippen LogP contribution < -0.4 is 0 Å². The lowest BCUT2D eigenvalue weighted by atomic mass is 9.72. The number of aliphatic hydroxyl groups excluding tert-OH is 2. The molecule has 0 aromatic carbocycles. The molecule has 5 rings (SSSR count). The highest BCUT2D eigenvalue weighted by Crippen LogP contribution is 2.41. The van der Waals surface area contributed by atoms with Crippen molar-refractivity contribution in [2.24, 2.45) is 0 Å². The van der Waals surface area contributed by atoms with E-state index in [1.807, 2.05) is 15.7 Å². The molecule has 20 heteroatoms. The molecule has 66 heavy (non-hydrogen) atoms.